The summed E-state index contributed by atoms with van der Waals surface area (Å²) in [5, 5.41) is 5.66. The maximum absolute atomic E-state index is 12.3. The average molecular weight is 381 g/mol. The number of ether oxygens (including phenoxy) is 1. The van der Waals surface area contributed by atoms with Gasteiger partial charge in [-0.1, -0.05) is 54.6 Å². The van der Waals surface area contributed by atoms with Crippen LogP contribution in [0.1, 0.15) is 12.0 Å². The number of nitrogens with zero attached hydrogens (tertiary/aromatic N) is 1. The number of nitrogens with one attached hydrogen (secondary N) is 2. The first kappa shape index (κ1) is 20.0. The van der Waals surface area contributed by atoms with Crippen molar-refractivity contribution in [3.05, 3.63) is 60.2 Å². The van der Waals surface area contributed by atoms with E-state index in [1.807, 2.05) is 18.2 Å². The first-order valence-electron chi connectivity index (χ1n) is 9.59. The third kappa shape index (κ3) is 5.41. The van der Waals surface area contributed by atoms with E-state index in [2.05, 4.69) is 51.9 Å². The van der Waals surface area contributed by atoms with Crippen molar-refractivity contribution in [2.75, 3.05) is 33.4 Å². The fourth-order valence-electron chi connectivity index (χ4n) is 3.38. The van der Waals surface area contributed by atoms with Crippen LogP contribution in [-0.4, -0.2) is 56.1 Å². The van der Waals surface area contributed by atoms with Crippen LogP contribution in [-0.2, 0) is 20.9 Å². The van der Waals surface area contributed by atoms with E-state index in [4.69, 9.17) is 4.74 Å². The molecule has 1 aliphatic rings. The largest absolute Gasteiger partial charge is 0.383 e. The summed E-state index contributed by atoms with van der Waals surface area (Å²) in [6.45, 7) is 2.87. The van der Waals surface area contributed by atoms with Crippen LogP contribution in [0.4, 0.5) is 0 Å². The molecule has 2 amide bonds. The number of methoxy groups -OCH3 is 1. The lowest BCUT2D eigenvalue weighted by atomic mass is 10.0. The minimum absolute atomic E-state index is 0.0888. The number of carbonyl (C=O) groups is 2. The molecule has 0 aromatic heterocycles. The summed E-state index contributed by atoms with van der Waals surface area (Å²) in [7, 11) is 1.59. The van der Waals surface area contributed by atoms with Crippen LogP contribution in [0.3, 0.4) is 0 Å². The van der Waals surface area contributed by atoms with Gasteiger partial charge in [-0.2, -0.15) is 0 Å². The van der Waals surface area contributed by atoms with Gasteiger partial charge in [0.05, 0.1) is 19.1 Å². The normalized spacial score (nSPS) is 17.2. The highest BCUT2D eigenvalue weighted by Gasteiger charge is 2.31. The molecular weight excluding hydrogens is 354 g/mol. The maximum Gasteiger partial charge on any atom is 0.237 e. The summed E-state index contributed by atoms with van der Waals surface area (Å²) in [4.78, 5) is 26.6. The predicted octanol–water partition coefficient (Wildman–Crippen LogP) is 1.81. The van der Waals surface area contributed by atoms with E-state index < -0.39 is 6.04 Å². The Kier molecular flexibility index (Phi) is 7.17. The Hall–Kier alpha value is -2.70. The van der Waals surface area contributed by atoms with E-state index in [1.54, 1.807) is 7.11 Å². The molecule has 148 valence electrons. The number of rotatable bonds is 8. The number of amides is 2. The molecular formula is C22H27N3O3. The van der Waals surface area contributed by atoms with Crippen LogP contribution < -0.4 is 10.6 Å². The van der Waals surface area contributed by atoms with Gasteiger partial charge in [-0.15, -0.1) is 0 Å². The smallest absolute Gasteiger partial charge is 0.237 e. The lowest BCUT2D eigenvalue weighted by Gasteiger charge is -2.34. The number of carbonyl (C=O) groups excluding carboxylic acids is 2. The summed E-state index contributed by atoms with van der Waals surface area (Å²) in [5.74, 6) is -0.224. The molecule has 2 aromatic rings. The van der Waals surface area contributed by atoms with Crippen molar-refractivity contribution in [2.45, 2.75) is 19.0 Å². The summed E-state index contributed by atoms with van der Waals surface area (Å²) in [6, 6.07) is 18.1. The van der Waals surface area contributed by atoms with Crippen LogP contribution >= 0.6 is 0 Å². The van der Waals surface area contributed by atoms with Crippen molar-refractivity contribution in [1.29, 1.82) is 0 Å². The van der Waals surface area contributed by atoms with Crippen molar-refractivity contribution in [2.24, 2.45) is 0 Å². The molecule has 2 N–H and O–H groups in total. The Morgan fingerprint density at radius 2 is 1.86 bits per heavy atom. The zero-order valence-corrected chi connectivity index (χ0v) is 16.2. The predicted molar refractivity (Wildman–Crippen MR) is 109 cm³/mol. The first-order chi connectivity index (χ1) is 13.7. The quantitative estimate of drug-likeness (QED) is 0.684. The van der Waals surface area contributed by atoms with E-state index in [1.165, 1.54) is 5.56 Å². The Morgan fingerprint density at radius 1 is 1.14 bits per heavy atom. The molecule has 2 aromatic carbocycles. The van der Waals surface area contributed by atoms with Crippen LogP contribution in [0.2, 0.25) is 0 Å². The van der Waals surface area contributed by atoms with E-state index in [-0.39, 0.29) is 18.2 Å². The third-order valence-electron chi connectivity index (χ3n) is 4.90. The summed E-state index contributed by atoms with van der Waals surface area (Å²) >= 11 is 0. The molecule has 1 atom stereocenters. The highest BCUT2D eigenvalue weighted by Crippen LogP contribution is 2.21. The van der Waals surface area contributed by atoms with Crippen molar-refractivity contribution in [3.8, 4) is 11.1 Å². The number of piperazine rings is 1. The molecule has 1 fully saturated rings. The molecule has 0 unspecified atom stereocenters. The van der Waals surface area contributed by atoms with Gasteiger partial charge in [-0.3, -0.25) is 14.5 Å². The molecule has 0 spiro atoms. The molecule has 1 aliphatic heterocycles. The lowest BCUT2D eigenvalue weighted by Crippen LogP contribution is -2.56. The molecule has 6 nitrogen and oxygen atoms in total. The fourth-order valence-corrected chi connectivity index (χ4v) is 3.38. The highest BCUT2D eigenvalue weighted by atomic mass is 16.5. The van der Waals surface area contributed by atoms with Crippen LogP contribution in [0, 0.1) is 0 Å². The van der Waals surface area contributed by atoms with Crippen molar-refractivity contribution >= 4 is 11.8 Å². The molecule has 1 saturated heterocycles. The lowest BCUT2D eigenvalue weighted by molar-refractivity contribution is -0.134. The third-order valence-corrected chi connectivity index (χ3v) is 4.90. The molecule has 0 saturated carbocycles. The molecule has 0 radical (unpaired) electrons. The van der Waals surface area contributed by atoms with Gasteiger partial charge in [0.15, 0.2) is 0 Å². The zero-order valence-electron chi connectivity index (χ0n) is 16.2. The standard InChI is InChI=1S/C22H27N3O3/c1-28-14-12-23-21(26)15-20-22(27)24-11-13-25(20)16-17-7-9-19(10-8-17)18-5-3-2-4-6-18/h2-10,20H,11-16H2,1H3,(H,23,26)(H,24,27)/t20-/m0/s1. The molecule has 28 heavy (non-hydrogen) atoms. The summed E-state index contributed by atoms with van der Waals surface area (Å²) in [5.41, 5.74) is 3.46. The van der Waals surface area contributed by atoms with Gasteiger partial charge >= 0.3 is 0 Å². The van der Waals surface area contributed by atoms with Gasteiger partial charge in [-0.25, -0.2) is 0 Å². The van der Waals surface area contributed by atoms with Crippen LogP contribution in [0.5, 0.6) is 0 Å². The number of benzene rings is 2. The van der Waals surface area contributed by atoms with Gasteiger partial charge in [0, 0.05) is 33.3 Å². The monoisotopic (exact) mass is 381 g/mol. The Morgan fingerprint density at radius 3 is 2.57 bits per heavy atom. The topological polar surface area (TPSA) is 70.7 Å². The number of hydrogen-bond acceptors (Lipinski definition) is 4. The fraction of sp³-hybridized carbons (Fsp3) is 0.364. The van der Waals surface area contributed by atoms with E-state index in [9.17, 15) is 9.59 Å². The zero-order chi connectivity index (χ0) is 19.8. The van der Waals surface area contributed by atoms with Crippen LogP contribution in [0.25, 0.3) is 11.1 Å². The average Bonchev–Trinajstić information content (AvgIpc) is 2.72. The van der Waals surface area contributed by atoms with E-state index in [0.29, 0.717) is 26.2 Å². The first-order valence-corrected chi connectivity index (χ1v) is 9.59. The molecule has 0 aliphatic carbocycles. The van der Waals surface area contributed by atoms with Crippen LogP contribution in [0.15, 0.2) is 54.6 Å². The SMILES string of the molecule is COCCNC(=O)C[C@H]1C(=O)NCCN1Cc1ccc(-c2ccccc2)cc1. The van der Waals surface area contributed by atoms with Gasteiger partial charge in [0.25, 0.3) is 0 Å². The highest BCUT2D eigenvalue weighted by molar-refractivity contribution is 5.88. The summed E-state index contributed by atoms with van der Waals surface area (Å²) < 4.78 is 4.94. The second-order valence-electron chi connectivity index (χ2n) is 6.89. The minimum Gasteiger partial charge on any atom is -0.383 e. The molecule has 1 heterocycles. The molecule has 0 bridgehead atoms. The van der Waals surface area contributed by atoms with Gasteiger partial charge in [0.1, 0.15) is 0 Å². The Balaban J connectivity index is 1.63. The van der Waals surface area contributed by atoms with E-state index in [0.717, 1.165) is 17.7 Å². The van der Waals surface area contributed by atoms with E-state index >= 15 is 0 Å². The van der Waals surface area contributed by atoms with Crippen molar-refractivity contribution < 1.29 is 14.3 Å². The summed E-state index contributed by atoms with van der Waals surface area (Å²) in [6.07, 6.45) is 0.150. The maximum atomic E-state index is 12.3. The van der Waals surface area contributed by atoms with Crippen molar-refractivity contribution in [3.63, 3.8) is 0 Å². The number of hydrogen-bond donors (Lipinski definition) is 2. The second kappa shape index (κ2) is 10.0. The Labute approximate surface area is 165 Å². The molecule has 3 rings (SSSR count). The second-order valence-corrected chi connectivity index (χ2v) is 6.89. The van der Waals surface area contributed by atoms with Crippen molar-refractivity contribution in [1.82, 2.24) is 15.5 Å². The van der Waals surface area contributed by atoms with Gasteiger partial charge in [-0.05, 0) is 16.7 Å². The van der Waals surface area contributed by atoms with Gasteiger partial charge < -0.3 is 15.4 Å². The molecule has 6 heteroatoms. The van der Waals surface area contributed by atoms with Gasteiger partial charge in [0.2, 0.25) is 11.8 Å². The Bertz CT molecular complexity index is 777. The minimum atomic E-state index is -0.454.